The van der Waals surface area contributed by atoms with Crippen LogP contribution in [0.1, 0.15) is 31.2 Å². The molecule has 1 aromatic carbocycles. The summed E-state index contributed by atoms with van der Waals surface area (Å²) in [5.74, 6) is 0.493. The molecule has 1 aliphatic carbocycles. The first-order valence-corrected chi connectivity index (χ1v) is 7.98. The van der Waals surface area contributed by atoms with Crippen LogP contribution < -0.4 is 0 Å². The van der Waals surface area contributed by atoms with Gasteiger partial charge in [-0.15, -0.1) is 0 Å². The summed E-state index contributed by atoms with van der Waals surface area (Å²) in [5.41, 5.74) is 1.03. The third kappa shape index (κ3) is 3.34. The summed E-state index contributed by atoms with van der Waals surface area (Å²) in [6.07, 6.45) is 3.99. The molecule has 0 amide bonds. The van der Waals surface area contributed by atoms with Crippen LogP contribution in [0.5, 0.6) is 0 Å². The van der Waals surface area contributed by atoms with Gasteiger partial charge in [0.25, 0.3) is 0 Å². The predicted molar refractivity (Wildman–Crippen MR) is 74.7 cm³/mol. The van der Waals surface area contributed by atoms with Crippen molar-refractivity contribution in [1.82, 2.24) is 0 Å². The van der Waals surface area contributed by atoms with Crippen molar-refractivity contribution >= 4 is 22.4 Å². The maximum atomic E-state index is 12.3. The lowest BCUT2D eigenvalue weighted by atomic mass is 9.90. The summed E-state index contributed by atoms with van der Waals surface area (Å²) in [6.45, 7) is 0. The van der Waals surface area contributed by atoms with Crippen LogP contribution in [0.3, 0.4) is 0 Å². The van der Waals surface area contributed by atoms with Gasteiger partial charge in [-0.25, -0.2) is 0 Å². The zero-order chi connectivity index (χ0) is 13.0. The van der Waals surface area contributed by atoms with E-state index in [4.69, 9.17) is 16.9 Å². The van der Waals surface area contributed by atoms with Crippen LogP contribution in [0.15, 0.2) is 24.3 Å². The topological polar surface area (TPSA) is 40.9 Å². The van der Waals surface area contributed by atoms with Crippen LogP contribution in [0.2, 0.25) is 5.02 Å². The molecular formula is C14H16ClNOS. The first-order valence-electron chi connectivity index (χ1n) is 6.22. The highest BCUT2D eigenvalue weighted by Gasteiger charge is 2.29. The summed E-state index contributed by atoms with van der Waals surface area (Å²) in [7, 11) is -0.960. The molecule has 3 unspecified atom stereocenters. The van der Waals surface area contributed by atoms with Crippen molar-refractivity contribution in [1.29, 1.82) is 5.26 Å². The van der Waals surface area contributed by atoms with E-state index >= 15 is 0 Å². The van der Waals surface area contributed by atoms with Gasteiger partial charge in [-0.1, -0.05) is 36.6 Å². The Hall–Kier alpha value is -0.850. The molecule has 96 valence electrons. The van der Waals surface area contributed by atoms with Crippen LogP contribution in [-0.2, 0) is 16.6 Å². The molecule has 0 bridgehead atoms. The minimum Gasteiger partial charge on any atom is -0.259 e. The van der Waals surface area contributed by atoms with Crippen LogP contribution >= 0.6 is 11.6 Å². The summed E-state index contributed by atoms with van der Waals surface area (Å²) < 4.78 is 12.3. The Morgan fingerprint density at radius 2 is 1.94 bits per heavy atom. The lowest BCUT2D eigenvalue weighted by molar-refractivity contribution is 0.431. The first-order chi connectivity index (χ1) is 8.70. The third-order valence-electron chi connectivity index (χ3n) is 3.43. The maximum absolute atomic E-state index is 12.3. The number of halogens is 1. The molecule has 3 atom stereocenters. The normalized spacial score (nSPS) is 25.3. The molecule has 2 rings (SSSR count). The standard InChI is InChI=1S/C14H16ClNOS/c15-13-7-5-11(6-8-13)10-18(17)14-4-2-1-3-12(14)9-16/h5-8,12,14H,1-4,10H2. The summed E-state index contributed by atoms with van der Waals surface area (Å²) in [5, 5.41) is 9.84. The van der Waals surface area contributed by atoms with Gasteiger partial charge in [0.15, 0.2) is 0 Å². The molecule has 0 spiro atoms. The second-order valence-electron chi connectivity index (χ2n) is 4.71. The highest BCUT2D eigenvalue weighted by molar-refractivity contribution is 7.84. The van der Waals surface area contributed by atoms with Crippen molar-refractivity contribution in [2.45, 2.75) is 36.7 Å². The zero-order valence-electron chi connectivity index (χ0n) is 10.1. The Balaban J connectivity index is 2.02. The van der Waals surface area contributed by atoms with Gasteiger partial charge in [-0.05, 0) is 30.5 Å². The van der Waals surface area contributed by atoms with Crippen molar-refractivity contribution < 1.29 is 4.21 Å². The monoisotopic (exact) mass is 281 g/mol. The largest absolute Gasteiger partial charge is 0.259 e. The van der Waals surface area contributed by atoms with Gasteiger partial charge in [-0.3, -0.25) is 4.21 Å². The lowest BCUT2D eigenvalue weighted by Crippen LogP contribution is -2.28. The fourth-order valence-electron chi connectivity index (χ4n) is 2.41. The second-order valence-corrected chi connectivity index (χ2v) is 6.80. The molecule has 1 fully saturated rings. The number of benzene rings is 1. The summed E-state index contributed by atoms with van der Waals surface area (Å²) in [4.78, 5) is 0. The molecule has 0 aromatic heterocycles. The van der Waals surface area contributed by atoms with Gasteiger partial charge in [0, 0.05) is 21.6 Å². The summed E-state index contributed by atoms with van der Waals surface area (Å²) >= 11 is 5.82. The Labute approximate surface area is 115 Å². The predicted octanol–water partition coefficient (Wildman–Crippen LogP) is 3.67. The summed E-state index contributed by atoms with van der Waals surface area (Å²) in [6, 6.07) is 9.76. The average molecular weight is 282 g/mol. The molecule has 1 aromatic rings. The van der Waals surface area contributed by atoms with Crippen molar-refractivity contribution in [3.63, 3.8) is 0 Å². The van der Waals surface area contributed by atoms with E-state index in [1.54, 1.807) is 0 Å². The van der Waals surface area contributed by atoms with E-state index in [2.05, 4.69) is 6.07 Å². The molecule has 1 saturated carbocycles. The van der Waals surface area contributed by atoms with E-state index in [0.29, 0.717) is 10.8 Å². The van der Waals surface area contributed by atoms with Crippen molar-refractivity contribution in [3.05, 3.63) is 34.9 Å². The van der Waals surface area contributed by atoms with E-state index in [0.717, 1.165) is 31.2 Å². The van der Waals surface area contributed by atoms with Gasteiger partial charge in [0.1, 0.15) is 0 Å². The lowest BCUT2D eigenvalue weighted by Gasteiger charge is -2.25. The molecular weight excluding hydrogens is 266 g/mol. The first kappa shape index (κ1) is 13.6. The Morgan fingerprint density at radius 3 is 2.61 bits per heavy atom. The van der Waals surface area contributed by atoms with E-state index in [9.17, 15) is 4.21 Å². The molecule has 0 saturated heterocycles. The number of hydrogen-bond donors (Lipinski definition) is 0. The fraction of sp³-hybridized carbons (Fsp3) is 0.500. The number of nitriles is 1. The van der Waals surface area contributed by atoms with Crippen molar-refractivity contribution in [2.75, 3.05) is 0 Å². The van der Waals surface area contributed by atoms with Gasteiger partial charge in [0.2, 0.25) is 0 Å². The van der Waals surface area contributed by atoms with E-state index in [-0.39, 0.29) is 11.2 Å². The highest BCUT2D eigenvalue weighted by atomic mass is 35.5. The smallest absolute Gasteiger partial charge is 0.0668 e. The molecule has 2 nitrogen and oxygen atoms in total. The average Bonchev–Trinajstić information content (AvgIpc) is 2.41. The van der Waals surface area contributed by atoms with Crippen LogP contribution in [0.25, 0.3) is 0 Å². The SMILES string of the molecule is N#CC1CCCCC1S(=O)Cc1ccc(Cl)cc1. The number of hydrogen-bond acceptors (Lipinski definition) is 2. The van der Waals surface area contributed by atoms with Crippen LogP contribution in [-0.4, -0.2) is 9.46 Å². The molecule has 1 aliphatic rings. The third-order valence-corrected chi connectivity index (χ3v) is 5.54. The Kier molecular flexibility index (Phi) is 4.79. The van der Waals surface area contributed by atoms with Gasteiger partial charge < -0.3 is 0 Å². The highest BCUT2D eigenvalue weighted by Crippen LogP contribution is 2.29. The minimum atomic E-state index is -0.960. The molecule has 0 radical (unpaired) electrons. The molecule has 0 heterocycles. The zero-order valence-corrected chi connectivity index (χ0v) is 11.7. The minimum absolute atomic E-state index is 0.0353. The van der Waals surface area contributed by atoms with Crippen molar-refractivity contribution in [3.8, 4) is 6.07 Å². The quantitative estimate of drug-likeness (QED) is 0.848. The van der Waals surface area contributed by atoms with Gasteiger partial charge >= 0.3 is 0 Å². The van der Waals surface area contributed by atoms with Crippen LogP contribution in [0.4, 0.5) is 0 Å². The molecule has 4 heteroatoms. The number of rotatable bonds is 3. The van der Waals surface area contributed by atoms with Crippen molar-refractivity contribution in [2.24, 2.45) is 5.92 Å². The fourth-order valence-corrected chi connectivity index (χ4v) is 4.27. The second kappa shape index (κ2) is 6.36. The van der Waals surface area contributed by atoms with Gasteiger partial charge in [0.05, 0.1) is 17.2 Å². The Morgan fingerprint density at radius 1 is 1.28 bits per heavy atom. The maximum Gasteiger partial charge on any atom is 0.0668 e. The molecule has 0 aliphatic heterocycles. The van der Waals surface area contributed by atoms with E-state index < -0.39 is 10.8 Å². The van der Waals surface area contributed by atoms with Crippen LogP contribution in [0, 0.1) is 17.2 Å². The Bertz CT molecular complexity index is 466. The van der Waals surface area contributed by atoms with E-state index in [1.807, 2.05) is 24.3 Å². The molecule has 0 N–H and O–H groups in total. The van der Waals surface area contributed by atoms with Gasteiger partial charge in [-0.2, -0.15) is 5.26 Å². The van der Waals surface area contributed by atoms with E-state index in [1.165, 1.54) is 0 Å². The number of nitrogens with zero attached hydrogens (tertiary/aromatic N) is 1. The molecule has 18 heavy (non-hydrogen) atoms.